The van der Waals surface area contributed by atoms with Crippen molar-refractivity contribution in [3.05, 3.63) is 53.6 Å². The molecule has 0 atom stereocenters. The third-order valence-electron chi connectivity index (χ3n) is 5.51. The van der Waals surface area contributed by atoms with Crippen molar-refractivity contribution in [1.29, 1.82) is 0 Å². The number of aryl methyl sites for hydroxylation is 1. The first-order valence-corrected chi connectivity index (χ1v) is 11.1. The van der Waals surface area contributed by atoms with Gasteiger partial charge in [-0.1, -0.05) is 35.6 Å². The summed E-state index contributed by atoms with van der Waals surface area (Å²) in [6.45, 7) is 7.06. The first-order valence-electron chi connectivity index (χ1n) is 10.2. The van der Waals surface area contributed by atoms with Gasteiger partial charge in [0.05, 0.1) is 16.8 Å². The molecule has 6 heteroatoms. The molecule has 2 heterocycles. The van der Waals surface area contributed by atoms with Gasteiger partial charge in [-0.05, 0) is 56.0 Å². The first-order chi connectivity index (χ1) is 14.1. The van der Waals surface area contributed by atoms with Crippen LogP contribution in [0.4, 0.5) is 5.13 Å². The Morgan fingerprint density at radius 1 is 1.24 bits per heavy atom. The van der Waals surface area contributed by atoms with E-state index in [0.29, 0.717) is 13.2 Å². The quantitative estimate of drug-likeness (QED) is 0.650. The highest BCUT2D eigenvalue weighted by Crippen LogP contribution is 2.33. The van der Waals surface area contributed by atoms with Crippen molar-refractivity contribution < 1.29 is 9.53 Å². The maximum absolute atomic E-state index is 12.6. The minimum absolute atomic E-state index is 0.0780. The number of nitrogens with zero attached hydrogens (tertiary/aromatic N) is 2. The number of carbonyl (C=O) groups excluding carboxylic acids is 1. The largest absolute Gasteiger partial charge is 0.494 e. The second kappa shape index (κ2) is 8.82. The summed E-state index contributed by atoms with van der Waals surface area (Å²) in [5, 5.41) is 4.15. The smallest absolute Gasteiger partial charge is 0.223 e. The molecule has 1 aliphatic heterocycles. The third-order valence-corrected chi connectivity index (χ3v) is 6.59. The maximum atomic E-state index is 12.6. The molecule has 1 aromatic heterocycles. The number of carbonyl (C=O) groups is 1. The fourth-order valence-electron chi connectivity index (χ4n) is 3.75. The van der Waals surface area contributed by atoms with E-state index in [0.717, 1.165) is 47.0 Å². The molecule has 5 nitrogen and oxygen atoms in total. The van der Waals surface area contributed by atoms with Crippen molar-refractivity contribution in [3.63, 3.8) is 0 Å². The molecule has 0 unspecified atom stereocenters. The van der Waals surface area contributed by atoms with Crippen LogP contribution in [0, 0.1) is 12.8 Å². The van der Waals surface area contributed by atoms with Crippen LogP contribution >= 0.6 is 11.3 Å². The average Bonchev–Trinajstić information content (AvgIpc) is 3.17. The molecule has 1 amide bonds. The number of anilines is 1. The number of amides is 1. The summed E-state index contributed by atoms with van der Waals surface area (Å²) >= 11 is 1.70. The lowest BCUT2D eigenvalue weighted by molar-refractivity contribution is -0.125. The van der Waals surface area contributed by atoms with Gasteiger partial charge in [0, 0.05) is 25.6 Å². The van der Waals surface area contributed by atoms with E-state index in [1.807, 2.05) is 31.2 Å². The van der Waals surface area contributed by atoms with Crippen molar-refractivity contribution >= 4 is 32.6 Å². The number of benzene rings is 2. The zero-order valence-corrected chi connectivity index (χ0v) is 17.8. The van der Waals surface area contributed by atoms with Crippen LogP contribution < -0.4 is 15.0 Å². The van der Waals surface area contributed by atoms with Gasteiger partial charge in [0.15, 0.2) is 5.13 Å². The summed E-state index contributed by atoms with van der Waals surface area (Å²) in [7, 11) is 0. The fraction of sp³-hybridized carbons (Fsp3) is 0.391. The number of fused-ring (bicyclic) bond motifs is 1. The van der Waals surface area contributed by atoms with Crippen molar-refractivity contribution in [2.75, 3.05) is 24.6 Å². The van der Waals surface area contributed by atoms with Crippen LogP contribution in [-0.2, 0) is 11.3 Å². The van der Waals surface area contributed by atoms with Crippen LogP contribution in [0.2, 0.25) is 0 Å². The van der Waals surface area contributed by atoms with Crippen LogP contribution in [0.1, 0.15) is 30.9 Å². The topological polar surface area (TPSA) is 54.5 Å². The minimum Gasteiger partial charge on any atom is -0.494 e. The number of hydrogen-bond donors (Lipinski definition) is 1. The molecule has 1 saturated heterocycles. The van der Waals surface area contributed by atoms with Gasteiger partial charge in [0.25, 0.3) is 0 Å². The maximum Gasteiger partial charge on any atom is 0.223 e. The second-order valence-corrected chi connectivity index (χ2v) is 8.47. The molecule has 0 bridgehead atoms. The SMILES string of the molecule is CCOc1ccc2nc(N3CCC(C(=O)NCc4ccccc4C)CC3)sc2c1. The molecular weight excluding hydrogens is 382 g/mol. The Bertz CT molecular complexity index is 993. The molecule has 0 aliphatic carbocycles. The molecule has 0 spiro atoms. The summed E-state index contributed by atoms with van der Waals surface area (Å²) in [6, 6.07) is 14.2. The van der Waals surface area contributed by atoms with Gasteiger partial charge >= 0.3 is 0 Å². The molecule has 0 saturated carbocycles. The molecule has 1 aliphatic rings. The van der Waals surface area contributed by atoms with E-state index >= 15 is 0 Å². The van der Waals surface area contributed by atoms with Gasteiger partial charge in [-0.25, -0.2) is 4.98 Å². The molecule has 0 radical (unpaired) electrons. The van der Waals surface area contributed by atoms with Crippen LogP contribution in [0.3, 0.4) is 0 Å². The van der Waals surface area contributed by atoms with Crippen LogP contribution in [0.25, 0.3) is 10.2 Å². The van der Waals surface area contributed by atoms with Crippen molar-refractivity contribution in [1.82, 2.24) is 10.3 Å². The lowest BCUT2D eigenvalue weighted by Crippen LogP contribution is -2.40. The summed E-state index contributed by atoms with van der Waals surface area (Å²) < 4.78 is 6.73. The zero-order valence-electron chi connectivity index (χ0n) is 17.0. The highest BCUT2D eigenvalue weighted by molar-refractivity contribution is 7.22. The molecular formula is C23H27N3O2S. The van der Waals surface area contributed by atoms with Crippen LogP contribution in [0.5, 0.6) is 5.75 Å². The van der Waals surface area contributed by atoms with Crippen molar-refractivity contribution in [2.24, 2.45) is 5.92 Å². The van der Waals surface area contributed by atoms with Gasteiger partial charge in [-0.2, -0.15) is 0 Å². The first kappa shape index (κ1) is 19.7. The molecule has 152 valence electrons. The normalized spacial score (nSPS) is 14.9. The molecule has 1 fully saturated rings. The molecule has 4 rings (SSSR count). The van der Waals surface area contributed by atoms with Gasteiger partial charge < -0.3 is 15.0 Å². The number of hydrogen-bond acceptors (Lipinski definition) is 5. The van der Waals surface area contributed by atoms with Gasteiger partial charge in [0.1, 0.15) is 5.75 Å². The Morgan fingerprint density at radius 2 is 2.03 bits per heavy atom. The number of piperidine rings is 1. The second-order valence-electron chi connectivity index (χ2n) is 7.46. The number of rotatable bonds is 6. The molecule has 1 N–H and O–H groups in total. The van der Waals surface area contributed by atoms with Gasteiger partial charge in [-0.3, -0.25) is 4.79 Å². The Hall–Kier alpha value is -2.60. The van der Waals surface area contributed by atoms with E-state index in [-0.39, 0.29) is 11.8 Å². The summed E-state index contributed by atoms with van der Waals surface area (Å²) in [5.74, 6) is 1.13. The van der Waals surface area contributed by atoms with Crippen molar-refractivity contribution in [2.45, 2.75) is 33.2 Å². The van der Waals surface area contributed by atoms with E-state index < -0.39 is 0 Å². The summed E-state index contributed by atoms with van der Waals surface area (Å²) in [4.78, 5) is 19.7. The van der Waals surface area contributed by atoms with E-state index in [2.05, 4.69) is 35.3 Å². The molecule has 29 heavy (non-hydrogen) atoms. The Kier molecular flexibility index (Phi) is 6.00. The third kappa shape index (κ3) is 4.53. The standard InChI is InChI=1S/C23H27N3O2S/c1-3-28-19-8-9-20-21(14-19)29-23(25-20)26-12-10-17(11-13-26)22(27)24-15-18-7-5-4-6-16(18)2/h4-9,14,17H,3,10-13,15H2,1-2H3,(H,24,27). The molecule has 3 aromatic rings. The number of thiazole rings is 1. The highest BCUT2D eigenvalue weighted by Gasteiger charge is 2.26. The summed E-state index contributed by atoms with van der Waals surface area (Å²) in [5.41, 5.74) is 3.40. The van der Waals surface area contributed by atoms with E-state index in [1.165, 1.54) is 11.1 Å². The Morgan fingerprint density at radius 3 is 2.79 bits per heavy atom. The minimum atomic E-state index is 0.0780. The van der Waals surface area contributed by atoms with Gasteiger partial charge in [-0.15, -0.1) is 0 Å². The lowest BCUT2D eigenvalue weighted by Gasteiger charge is -2.31. The number of ether oxygens (including phenoxy) is 1. The number of aromatic nitrogens is 1. The Balaban J connectivity index is 1.33. The van der Waals surface area contributed by atoms with Crippen LogP contribution in [-0.4, -0.2) is 30.6 Å². The number of nitrogens with one attached hydrogen (secondary N) is 1. The fourth-order valence-corrected chi connectivity index (χ4v) is 4.80. The van der Waals surface area contributed by atoms with E-state index in [1.54, 1.807) is 11.3 Å². The monoisotopic (exact) mass is 409 g/mol. The average molecular weight is 410 g/mol. The van der Waals surface area contributed by atoms with Gasteiger partial charge in [0.2, 0.25) is 5.91 Å². The summed E-state index contributed by atoms with van der Waals surface area (Å²) in [6.07, 6.45) is 1.72. The predicted molar refractivity (Wildman–Crippen MR) is 119 cm³/mol. The highest BCUT2D eigenvalue weighted by atomic mass is 32.1. The molecule has 2 aromatic carbocycles. The van der Waals surface area contributed by atoms with E-state index in [4.69, 9.17) is 9.72 Å². The zero-order chi connectivity index (χ0) is 20.2. The van der Waals surface area contributed by atoms with Crippen molar-refractivity contribution in [3.8, 4) is 5.75 Å². The van der Waals surface area contributed by atoms with Crippen LogP contribution in [0.15, 0.2) is 42.5 Å². The Labute approximate surface area is 175 Å². The van der Waals surface area contributed by atoms with E-state index in [9.17, 15) is 4.79 Å². The lowest BCUT2D eigenvalue weighted by atomic mass is 9.96. The predicted octanol–water partition coefficient (Wildman–Crippen LogP) is 4.54.